The van der Waals surface area contributed by atoms with Crippen molar-refractivity contribution in [3.8, 4) is 0 Å². The number of amides is 1. The van der Waals surface area contributed by atoms with Gasteiger partial charge in [0, 0.05) is 36.2 Å². The third-order valence-electron chi connectivity index (χ3n) is 4.24. The van der Waals surface area contributed by atoms with Gasteiger partial charge in [0.15, 0.2) is 5.78 Å². The van der Waals surface area contributed by atoms with E-state index in [0.717, 1.165) is 24.3 Å². The van der Waals surface area contributed by atoms with Crippen LogP contribution < -0.4 is 10.2 Å². The number of rotatable bonds is 4. The molecule has 1 aromatic carbocycles. The molecular weight excluding hydrogens is 290 g/mol. The summed E-state index contributed by atoms with van der Waals surface area (Å²) in [7, 11) is 0. The monoisotopic (exact) mass is 311 g/mol. The lowest BCUT2D eigenvalue weighted by Crippen LogP contribution is -2.19. The fourth-order valence-corrected chi connectivity index (χ4v) is 2.97. The van der Waals surface area contributed by atoms with Gasteiger partial charge >= 0.3 is 0 Å². The number of benzene rings is 1. The molecule has 2 aromatic rings. The number of aromatic nitrogens is 1. The van der Waals surface area contributed by atoms with E-state index in [-0.39, 0.29) is 11.7 Å². The largest absolute Gasteiger partial charge is 0.371 e. The number of aryl methyl sites for hydroxylation is 1. The molecule has 1 aliphatic heterocycles. The molecule has 5 heteroatoms. The Balaban J connectivity index is 1.73. The van der Waals surface area contributed by atoms with Crippen LogP contribution in [0.3, 0.4) is 0 Å². The van der Waals surface area contributed by atoms with Crippen LogP contribution in [-0.2, 0) is 0 Å². The molecule has 0 radical (unpaired) electrons. The van der Waals surface area contributed by atoms with Crippen molar-refractivity contribution in [1.82, 2.24) is 4.98 Å². The summed E-state index contributed by atoms with van der Waals surface area (Å²) in [6, 6.07) is 7.54. The van der Waals surface area contributed by atoms with E-state index < -0.39 is 0 Å². The van der Waals surface area contributed by atoms with Gasteiger partial charge in [-0.3, -0.25) is 9.59 Å². The summed E-state index contributed by atoms with van der Waals surface area (Å²) in [6.07, 6.45) is 4.03. The van der Waals surface area contributed by atoms with Crippen molar-refractivity contribution in [2.45, 2.75) is 26.7 Å². The Bertz CT molecular complexity index is 742. The van der Waals surface area contributed by atoms with Crippen molar-refractivity contribution in [2.24, 2.45) is 0 Å². The van der Waals surface area contributed by atoms with Crippen LogP contribution in [0, 0.1) is 6.92 Å². The predicted molar refractivity (Wildman–Crippen MR) is 91.4 cm³/mol. The number of H-pyrrole nitrogens is 1. The molecule has 0 saturated carbocycles. The summed E-state index contributed by atoms with van der Waals surface area (Å²) < 4.78 is 0. The fourth-order valence-electron chi connectivity index (χ4n) is 2.97. The van der Waals surface area contributed by atoms with E-state index in [1.807, 2.05) is 12.1 Å². The minimum atomic E-state index is -0.245. The first-order valence-corrected chi connectivity index (χ1v) is 7.91. The quantitative estimate of drug-likeness (QED) is 0.851. The lowest BCUT2D eigenvalue weighted by molar-refractivity contribution is 0.101. The van der Waals surface area contributed by atoms with E-state index in [1.54, 1.807) is 12.3 Å². The van der Waals surface area contributed by atoms with Gasteiger partial charge < -0.3 is 15.2 Å². The van der Waals surface area contributed by atoms with Crippen LogP contribution >= 0.6 is 0 Å². The first kappa shape index (κ1) is 15.3. The highest BCUT2D eigenvalue weighted by atomic mass is 16.2. The topological polar surface area (TPSA) is 65.2 Å². The van der Waals surface area contributed by atoms with Gasteiger partial charge in [0.25, 0.3) is 5.91 Å². The second kappa shape index (κ2) is 6.28. The summed E-state index contributed by atoms with van der Waals surface area (Å²) in [4.78, 5) is 28.7. The molecule has 1 saturated heterocycles. The molecule has 1 fully saturated rings. The molecule has 2 heterocycles. The number of Topliss-reactive ketones (excluding diaryl/α,β-unsaturated/α-hetero) is 1. The predicted octanol–water partition coefficient (Wildman–Crippen LogP) is 3.38. The highest BCUT2D eigenvalue weighted by Crippen LogP contribution is 2.26. The van der Waals surface area contributed by atoms with Gasteiger partial charge in [0.05, 0.1) is 0 Å². The second-order valence-corrected chi connectivity index (χ2v) is 6.01. The molecule has 0 bridgehead atoms. The van der Waals surface area contributed by atoms with Gasteiger partial charge in [-0.2, -0.15) is 0 Å². The second-order valence-electron chi connectivity index (χ2n) is 6.01. The summed E-state index contributed by atoms with van der Waals surface area (Å²) in [6.45, 7) is 5.74. The van der Waals surface area contributed by atoms with Crippen LogP contribution in [0.5, 0.6) is 0 Å². The van der Waals surface area contributed by atoms with Gasteiger partial charge in [-0.15, -0.1) is 0 Å². The van der Waals surface area contributed by atoms with E-state index in [2.05, 4.69) is 28.2 Å². The Labute approximate surface area is 135 Å². The number of nitrogens with zero attached hydrogens (tertiary/aromatic N) is 1. The Morgan fingerprint density at radius 1 is 1.17 bits per heavy atom. The molecular formula is C18H21N3O2. The smallest absolute Gasteiger partial charge is 0.272 e. The Morgan fingerprint density at radius 3 is 2.52 bits per heavy atom. The molecule has 0 unspecified atom stereocenters. The minimum absolute atomic E-state index is 0.0638. The normalized spacial score (nSPS) is 14.1. The van der Waals surface area contributed by atoms with Crippen molar-refractivity contribution in [3.63, 3.8) is 0 Å². The molecule has 1 amide bonds. The van der Waals surface area contributed by atoms with Crippen molar-refractivity contribution >= 4 is 23.1 Å². The SMILES string of the molecule is CC(=O)c1c[nH]c(C(=O)Nc2ccc(N3CCCC3)c(C)c2)c1. The maximum Gasteiger partial charge on any atom is 0.272 e. The van der Waals surface area contributed by atoms with E-state index >= 15 is 0 Å². The first-order valence-electron chi connectivity index (χ1n) is 7.91. The lowest BCUT2D eigenvalue weighted by atomic mass is 10.1. The molecule has 0 spiro atoms. The van der Waals surface area contributed by atoms with E-state index in [1.165, 1.54) is 25.5 Å². The van der Waals surface area contributed by atoms with Gasteiger partial charge in [0.1, 0.15) is 5.69 Å². The molecule has 120 valence electrons. The molecule has 0 atom stereocenters. The molecule has 23 heavy (non-hydrogen) atoms. The number of anilines is 2. The van der Waals surface area contributed by atoms with Crippen LogP contribution in [0.25, 0.3) is 0 Å². The Morgan fingerprint density at radius 2 is 1.91 bits per heavy atom. The third-order valence-corrected chi connectivity index (χ3v) is 4.24. The van der Waals surface area contributed by atoms with Gasteiger partial charge in [-0.25, -0.2) is 0 Å². The number of hydrogen-bond donors (Lipinski definition) is 2. The number of hydrogen-bond acceptors (Lipinski definition) is 3. The van der Waals surface area contributed by atoms with Gasteiger partial charge in [-0.1, -0.05) is 0 Å². The standard InChI is InChI=1S/C18H21N3O2/c1-12-9-15(5-6-17(12)21-7-3-4-8-21)20-18(23)16-10-14(11-19-16)13(2)22/h5-6,9-11,19H,3-4,7-8H2,1-2H3,(H,20,23). The van der Waals surface area contributed by atoms with Gasteiger partial charge in [-0.05, 0) is 56.5 Å². The van der Waals surface area contributed by atoms with E-state index in [9.17, 15) is 9.59 Å². The maximum absolute atomic E-state index is 12.2. The molecule has 3 rings (SSSR count). The zero-order chi connectivity index (χ0) is 16.4. The molecule has 2 N–H and O–H groups in total. The fraction of sp³-hybridized carbons (Fsp3) is 0.333. The Hall–Kier alpha value is -2.56. The van der Waals surface area contributed by atoms with Crippen molar-refractivity contribution in [3.05, 3.63) is 47.3 Å². The zero-order valence-corrected chi connectivity index (χ0v) is 13.5. The maximum atomic E-state index is 12.2. The van der Waals surface area contributed by atoms with E-state index in [0.29, 0.717) is 11.3 Å². The third kappa shape index (κ3) is 3.28. The number of nitrogens with one attached hydrogen (secondary N) is 2. The number of carbonyl (C=O) groups excluding carboxylic acids is 2. The van der Waals surface area contributed by atoms with Gasteiger partial charge in [0.2, 0.25) is 0 Å². The molecule has 5 nitrogen and oxygen atoms in total. The summed E-state index contributed by atoms with van der Waals surface area (Å²) in [5.41, 5.74) is 4.04. The summed E-state index contributed by atoms with van der Waals surface area (Å²) in [5, 5.41) is 2.87. The van der Waals surface area contributed by atoms with Crippen LogP contribution in [0.15, 0.2) is 30.5 Å². The molecule has 0 aliphatic carbocycles. The van der Waals surface area contributed by atoms with Crippen LogP contribution in [-0.4, -0.2) is 29.8 Å². The first-order chi connectivity index (χ1) is 11.0. The lowest BCUT2D eigenvalue weighted by Gasteiger charge is -2.20. The number of carbonyl (C=O) groups is 2. The van der Waals surface area contributed by atoms with Crippen molar-refractivity contribution in [2.75, 3.05) is 23.3 Å². The average Bonchev–Trinajstić information content (AvgIpc) is 3.19. The molecule has 1 aromatic heterocycles. The highest BCUT2D eigenvalue weighted by molar-refractivity contribution is 6.05. The minimum Gasteiger partial charge on any atom is -0.371 e. The van der Waals surface area contributed by atoms with Crippen molar-refractivity contribution in [1.29, 1.82) is 0 Å². The van der Waals surface area contributed by atoms with Crippen molar-refractivity contribution < 1.29 is 9.59 Å². The highest BCUT2D eigenvalue weighted by Gasteiger charge is 2.15. The van der Waals surface area contributed by atoms with Crippen LogP contribution in [0.1, 0.15) is 46.2 Å². The number of ketones is 1. The zero-order valence-electron chi connectivity index (χ0n) is 13.5. The average molecular weight is 311 g/mol. The summed E-state index contributed by atoms with van der Waals surface area (Å²) in [5.74, 6) is -0.308. The number of aromatic amines is 1. The van der Waals surface area contributed by atoms with E-state index in [4.69, 9.17) is 0 Å². The molecule has 1 aliphatic rings. The van der Waals surface area contributed by atoms with Crippen LogP contribution in [0.4, 0.5) is 11.4 Å². The summed E-state index contributed by atoms with van der Waals surface area (Å²) >= 11 is 0. The Kier molecular flexibility index (Phi) is 4.19. The van der Waals surface area contributed by atoms with Crippen LogP contribution in [0.2, 0.25) is 0 Å².